The van der Waals surface area contributed by atoms with Crippen LogP contribution >= 0.6 is 0 Å². The van der Waals surface area contributed by atoms with Gasteiger partial charge in [0.2, 0.25) is 0 Å². The lowest BCUT2D eigenvalue weighted by Crippen LogP contribution is -2.35. The molecule has 2 rings (SSSR count). The molecule has 0 radical (unpaired) electrons. The molecule has 1 atom stereocenters. The van der Waals surface area contributed by atoms with Crippen molar-refractivity contribution in [1.82, 2.24) is 4.90 Å². The normalized spacial score (nSPS) is 17.7. The Bertz CT molecular complexity index is 527. The first kappa shape index (κ1) is 16.1. The molecule has 1 heterocycles. The van der Waals surface area contributed by atoms with Crippen molar-refractivity contribution >= 4 is 12.1 Å². The molecule has 0 spiro atoms. The van der Waals surface area contributed by atoms with Gasteiger partial charge in [-0.3, -0.25) is 0 Å². The van der Waals surface area contributed by atoms with Gasteiger partial charge in [0.15, 0.2) is 0 Å². The molecule has 0 aliphatic carbocycles. The van der Waals surface area contributed by atoms with E-state index < -0.39 is 0 Å². The van der Waals surface area contributed by atoms with Gasteiger partial charge in [-0.2, -0.15) is 0 Å². The zero-order valence-corrected chi connectivity index (χ0v) is 12.7. The molecule has 1 aromatic rings. The van der Waals surface area contributed by atoms with E-state index in [9.17, 15) is 9.59 Å². The molecule has 5 heteroatoms. The Balaban J connectivity index is 1.83. The SMILES string of the molecule is COC(=O)/C=C/CC1CCCN1C(=O)OCc1ccccc1. The van der Waals surface area contributed by atoms with Crippen LogP contribution in [0.25, 0.3) is 0 Å². The van der Waals surface area contributed by atoms with Gasteiger partial charge in [0.25, 0.3) is 0 Å². The van der Waals surface area contributed by atoms with Crippen LogP contribution in [0.5, 0.6) is 0 Å². The summed E-state index contributed by atoms with van der Waals surface area (Å²) in [6, 6.07) is 9.69. The van der Waals surface area contributed by atoms with Crippen LogP contribution < -0.4 is 0 Å². The minimum Gasteiger partial charge on any atom is -0.466 e. The van der Waals surface area contributed by atoms with Crippen LogP contribution in [0, 0.1) is 0 Å². The maximum atomic E-state index is 12.2. The summed E-state index contributed by atoms with van der Waals surface area (Å²) in [5.74, 6) is -0.379. The molecule has 22 heavy (non-hydrogen) atoms. The molecule has 1 fully saturated rings. The Morgan fingerprint density at radius 3 is 2.82 bits per heavy atom. The topological polar surface area (TPSA) is 55.8 Å². The van der Waals surface area contributed by atoms with E-state index in [2.05, 4.69) is 4.74 Å². The summed E-state index contributed by atoms with van der Waals surface area (Å²) in [7, 11) is 1.34. The number of benzene rings is 1. The lowest BCUT2D eigenvalue weighted by molar-refractivity contribution is -0.134. The van der Waals surface area contributed by atoms with E-state index in [4.69, 9.17) is 4.74 Å². The number of carbonyl (C=O) groups is 2. The molecular weight excluding hydrogens is 282 g/mol. The smallest absolute Gasteiger partial charge is 0.410 e. The fourth-order valence-electron chi connectivity index (χ4n) is 2.51. The number of carbonyl (C=O) groups excluding carboxylic acids is 2. The Hall–Kier alpha value is -2.30. The Morgan fingerprint density at radius 1 is 1.32 bits per heavy atom. The zero-order chi connectivity index (χ0) is 15.8. The van der Waals surface area contributed by atoms with Gasteiger partial charge in [0.05, 0.1) is 7.11 Å². The van der Waals surface area contributed by atoms with Gasteiger partial charge < -0.3 is 14.4 Å². The molecule has 1 aliphatic rings. The monoisotopic (exact) mass is 303 g/mol. The molecule has 118 valence electrons. The fourth-order valence-corrected chi connectivity index (χ4v) is 2.51. The molecule has 1 aromatic carbocycles. The largest absolute Gasteiger partial charge is 0.466 e. The number of esters is 1. The third kappa shape index (κ3) is 4.62. The number of likely N-dealkylation sites (tertiary alicyclic amines) is 1. The van der Waals surface area contributed by atoms with Crippen molar-refractivity contribution in [2.75, 3.05) is 13.7 Å². The van der Waals surface area contributed by atoms with E-state index in [0.717, 1.165) is 18.4 Å². The number of rotatable bonds is 5. The van der Waals surface area contributed by atoms with Gasteiger partial charge >= 0.3 is 12.1 Å². The van der Waals surface area contributed by atoms with E-state index in [1.807, 2.05) is 30.3 Å². The minimum absolute atomic E-state index is 0.0872. The van der Waals surface area contributed by atoms with Gasteiger partial charge in [-0.15, -0.1) is 0 Å². The van der Waals surface area contributed by atoms with Crippen LogP contribution in [0.4, 0.5) is 4.79 Å². The average molecular weight is 303 g/mol. The highest BCUT2D eigenvalue weighted by atomic mass is 16.6. The standard InChI is InChI=1S/C17H21NO4/c1-21-16(19)11-5-9-15-10-6-12-18(15)17(20)22-13-14-7-3-2-4-8-14/h2-5,7-8,11,15H,6,9-10,12-13H2,1H3/b11-5+. The molecule has 1 amide bonds. The van der Waals surface area contributed by atoms with Crippen LogP contribution in [-0.4, -0.2) is 36.7 Å². The summed E-state index contributed by atoms with van der Waals surface area (Å²) in [4.78, 5) is 25.0. The molecule has 0 aromatic heterocycles. The lowest BCUT2D eigenvalue weighted by Gasteiger charge is -2.23. The zero-order valence-electron chi connectivity index (χ0n) is 12.7. The van der Waals surface area contributed by atoms with E-state index >= 15 is 0 Å². The van der Waals surface area contributed by atoms with Crippen molar-refractivity contribution in [2.45, 2.75) is 31.9 Å². The lowest BCUT2D eigenvalue weighted by atomic mass is 10.1. The predicted molar refractivity (Wildman–Crippen MR) is 82.1 cm³/mol. The first-order chi connectivity index (χ1) is 10.7. The summed E-state index contributed by atoms with van der Waals surface area (Å²) in [6.07, 6.45) is 5.36. The second-order valence-corrected chi connectivity index (χ2v) is 5.19. The minimum atomic E-state index is -0.379. The van der Waals surface area contributed by atoms with Crippen LogP contribution in [0.3, 0.4) is 0 Å². The highest BCUT2D eigenvalue weighted by molar-refractivity contribution is 5.81. The molecule has 1 saturated heterocycles. The van der Waals surface area contributed by atoms with Gasteiger partial charge in [0.1, 0.15) is 6.61 Å². The maximum Gasteiger partial charge on any atom is 0.410 e. The number of hydrogen-bond acceptors (Lipinski definition) is 4. The van der Waals surface area contributed by atoms with E-state index in [-0.39, 0.29) is 24.7 Å². The predicted octanol–water partition coefficient (Wildman–Crippen LogP) is 2.91. The summed E-state index contributed by atoms with van der Waals surface area (Å²) in [5, 5.41) is 0. The highest BCUT2D eigenvalue weighted by Crippen LogP contribution is 2.21. The quantitative estimate of drug-likeness (QED) is 0.620. The molecule has 1 unspecified atom stereocenters. The van der Waals surface area contributed by atoms with Crippen molar-refractivity contribution in [3.63, 3.8) is 0 Å². The van der Waals surface area contributed by atoms with Crippen molar-refractivity contribution in [2.24, 2.45) is 0 Å². The summed E-state index contributed by atoms with van der Waals surface area (Å²) >= 11 is 0. The second-order valence-electron chi connectivity index (χ2n) is 5.19. The third-order valence-electron chi connectivity index (χ3n) is 3.68. The van der Waals surface area contributed by atoms with Crippen molar-refractivity contribution in [3.05, 3.63) is 48.0 Å². The van der Waals surface area contributed by atoms with E-state index in [1.54, 1.807) is 11.0 Å². The number of hydrogen-bond donors (Lipinski definition) is 0. The molecule has 5 nitrogen and oxygen atoms in total. The highest BCUT2D eigenvalue weighted by Gasteiger charge is 2.28. The summed E-state index contributed by atoms with van der Waals surface area (Å²) in [5.41, 5.74) is 0.970. The number of nitrogens with zero attached hydrogens (tertiary/aromatic N) is 1. The van der Waals surface area contributed by atoms with E-state index in [1.165, 1.54) is 13.2 Å². The van der Waals surface area contributed by atoms with Crippen molar-refractivity contribution in [3.8, 4) is 0 Å². The van der Waals surface area contributed by atoms with Crippen LogP contribution in [0.1, 0.15) is 24.8 Å². The molecule has 1 aliphatic heterocycles. The first-order valence-corrected chi connectivity index (χ1v) is 7.42. The van der Waals surface area contributed by atoms with Crippen molar-refractivity contribution < 1.29 is 19.1 Å². The Labute approximate surface area is 130 Å². The number of amides is 1. The second kappa shape index (κ2) is 8.22. The van der Waals surface area contributed by atoms with Crippen molar-refractivity contribution in [1.29, 1.82) is 0 Å². The fraction of sp³-hybridized carbons (Fsp3) is 0.412. The van der Waals surface area contributed by atoms with Crippen LogP contribution in [-0.2, 0) is 20.9 Å². The third-order valence-corrected chi connectivity index (χ3v) is 3.68. The molecular formula is C17H21NO4. The summed E-state index contributed by atoms with van der Waals surface area (Å²) in [6.45, 7) is 0.977. The van der Waals surface area contributed by atoms with Crippen LogP contribution in [0.2, 0.25) is 0 Å². The summed E-state index contributed by atoms with van der Waals surface area (Å²) < 4.78 is 9.91. The molecule has 0 N–H and O–H groups in total. The maximum absolute atomic E-state index is 12.2. The molecule has 0 bridgehead atoms. The molecule has 0 saturated carbocycles. The Morgan fingerprint density at radius 2 is 2.09 bits per heavy atom. The van der Waals surface area contributed by atoms with E-state index in [0.29, 0.717) is 13.0 Å². The Kier molecular flexibility index (Phi) is 6.01. The van der Waals surface area contributed by atoms with Crippen LogP contribution in [0.15, 0.2) is 42.5 Å². The average Bonchev–Trinajstić information content (AvgIpc) is 3.02. The van der Waals surface area contributed by atoms with Gasteiger partial charge in [-0.25, -0.2) is 9.59 Å². The van der Waals surface area contributed by atoms with Gasteiger partial charge in [-0.05, 0) is 24.8 Å². The number of ether oxygens (including phenoxy) is 2. The van der Waals surface area contributed by atoms with Gasteiger partial charge in [0, 0.05) is 18.7 Å². The van der Waals surface area contributed by atoms with Gasteiger partial charge in [-0.1, -0.05) is 36.4 Å². The number of methoxy groups -OCH3 is 1. The first-order valence-electron chi connectivity index (χ1n) is 7.42.